The first-order chi connectivity index (χ1) is 39.8. The van der Waals surface area contributed by atoms with E-state index in [0.29, 0.717) is 76.9 Å². The van der Waals surface area contributed by atoms with Gasteiger partial charge in [0.05, 0.1) is 16.2 Å². The van der Waals surface area contributed by atoms with Gasteiger partial charge in [0.25, 0.3) is 0 Å². The largest absolute Gasteiger partial charge is 0.369 e. The van der Waals surface area contributed by atoms with E-state index in [1.54, 1.807) is 20.8 Å². The van der Waals surface area contributed by atoms with Crippen LogP contribution in [-0.4, -0.2) is 67.7 Å². The molecular weight excluding hydrogens is 1160 g/mol. The lowest BCUT2D eigenvalue weighted by Gasteiger charge is -2.74. The minimum atomic E-state index is -2.45. The van der Waals surface area contributed by atoms with Gasteiger partial charge >= 0.3 is 0 Å². The number of fused-ring (bicyclic) bond motifs is 9. The minimum absolute atomic E-state index is 0. The van der Waals surface area contributed by atoms with E-state index < -0.39 is 19.4 Å². The summed E-state index contributed by atoms with van der Waals surface area (Å²) >= 11 is 0. The van der Waals surface area contributed by atoms with Gasteiger partial charge in [-0.3, -0.25) is 38.2 Å². The molecule has 518 valence electrons. The van der Waals surface area contributed by atoms with E-state index in [0.717, 1.165) is 116 Å². The molecule has 0 saturated heterocycles. The van der Waals surface area contributed by atoms with Crippen molar-refractivity contribution < 1.29 is 37.2 Å². The number of rotatable bonds is 8. The molecule has 18 aliphatic carbocycles. The van der Waals surface area contributed by atoms with Crippen molar-refractivity contribution in [3.05, 3.63) is 0 Å². The van der Waals surface area contributed by atoms with Crippen LogP contribution in [0.4, 0.5) is 0 Å². The molecule has 18 fully saturated rings. The van der Waals surface area contributed by atoms with Crippen molar-refractivity contribution >= 4 is 66.2 Å². The number of carbonyl (C=O) groups is 6. The maximum Gasteiger partial charge on any atom is 0.237 e. The van der Waals surface area contributed by atoms with Crippen molar-refractivity contribution in [2.45, 2.75) is 326 Å². The van der Waals surface area contributed by atoms with Gasteiger partial charge in [-0.15, -0.1) is 0 Å². The molecule has 90 heavy (non-hydrogen) atoms. The standard InChI is InChI=1S/C15H27NO2S.2C14H24O.C12H21NO2S.C11H18O.C10H17NO.CH4/c1-13(2,3)15-9-6-14(7-10-15,8-11-15)12(17)16-19(4,5)18;2*1-11(15)13-5-8-14(9-6-13,10-7-13)12(2,3)4;1-10(2,3)12-6-11(7-12,8-12)9(14)13-16(4,5)15;1-8(12)10-5-11(6-10,7-10)9(2,3)4;1-8(2,3)10-4-9(5-10,6-10)7(11)12;/h4,6-11H2,1-3,5H3,(H,16,17,18);2*5-10H2,1-4H3;4,6-8H2,1-3,5H3,(H,13,14,15);5-7H2,1-4H3;4-6H2,1-3H3,(H2,11,12);1H4. The fraction of sp³-hybridized carbons (Fsp3) is 0.896. The molecule has 4 N–H and O–H groups in total. The van der Waals surface area contributed by atoms with Crippen molar-refractivity contribution in [1.82, 2.24) is 9.44 Å². The Morgan fingerprint density at radius 3 is 0.667 bits per heavy atom. The number of ketones is 3. The number of hydrogen-bond acceptors (Lipinski definition) is 8. The van der Waals surface area contributed by atoms with Crippen molar-refractivity contribution in [2.75, 3.05) is 12.5 Å². The summed E-state index contributed by atoms with van der Waals surface area (Å²) in [6.45, 7) is 47.0. The summed E-state index contributed by atoms with van der Waals surface area (Å²) in [5.74, 6) is 8.16. The van der Waals surface area contributed by atoms with Gasteiger partial charge in [0.2, 0.25) is 17.7 Å². The summed E-state index contributed by atoms with van der Waals surface area (Å²) < 4.78 is 28.3. The summed E-state index contributed by atoms with van der Waals surface area (Å²) in [7, 11) is -4.86. The molecule has 12 bridgehead atoms. The highest BCUT2D eigenvalue weighted by Crippen LogP contribution is 2.81. The average Bonchev–Trinajstić information content (AvgIpc) is 0.676. The number of amides is 3. The first kappa shape index (κ1) is 76.5. The van der Waals surface area contributed by atoms with Gasteiger partial charge < -0.3 is 5.73 Å². The van der Waals surface area contributed by atoms with Crippen LogP contribution in [0.25, 0.3) is 0 Å². The van der Waals surface area contributed by atoms with Crippen LogP contribution in [0.2, 0.25) is 0 Å². The molecule has 18 aliphatic rings. The normalized spacial score (nSPS) is 40.5. The number of hydrogen-bond donors (Lipinski definition) is 3. The molecule has 0 aromatic carbocycles. The Kier molecular flexibility index (Phi) is 19.8. The Morgan fingerprint density at radius 1 is 0.311 bits per heavy atom. The highest BCUT2D eigenvalue weighted by atomic mass is 32.2. The second kappa shape index (κ2) is 23.3. The summed E-state index contributed by atoms with van der Waals surface area (Å²) in [5.41, 5.74) is 10.0. The van der Waals surface area contributed by atoms with Crippen molar-refractivity contribution in [3.63, 3.8) is 0 Å². The molecule has 11 nitrogen and oxygen atoms in total. The number of primary amides is 1. The van der Waals surface area contributed by atoms with Crippen LogP contribution in [-0.2, 0) is 48.2 Å². The molecule has 2 unspecified atom stereocenters. The zero-order valence-corrected chi connectivity index (χ0v) is 62.8. The van der Waals surface area contributed by atoms with Crippen LogP contribution in [0.3, 0.4) is 0 Å². The Bertz CT molecular complexity index is 2780. The first-order valence-corrected chi connectivity index (χ1v) is 39.1. The summed E-state index contributed by atoms with van der Waals surface area (Å²) in [4.78, 5) is 70.1. The highest BCUT2D eigenvalue weighted by Gasteiger charge is 2.76. The number of Topliss-reactive ketones (excluding diaryl/α,β-unsaturated/α-hetero) is 3. The van der Waals surface area contributed by atoms with Gasteiger partial charge in [0, 0.05) is 48.2 Å². The van der Waals surface area contributed by atoms with Crippen LogP contribution in [0.1, 0.15) is 326 Å². The van der Waals surface area contributed by atoms with Crippen molar-refractivity contribution in [3.8, 4) is 0 Å². The molecule has 0 heterocycles. The second-order valence-electron chi connectivity index (χ2n) is 39.9. The third-order valence-corrected chi connectivity index (χ3v) is 31.0. The molecule has 0 aromatic heterocycles. The van der Waals surface area contributed by atoms with E-state index >= 15 is 0 Å². The Labute approximate surface area is 551 Å². The minimum Gasteiger partial charge on any atom is -0.369 e. The number of nitrogens with two attached hydrogens (primary N) is 1. The first-order valence-electron chi connectivity index (χ1n) is 34.9. The monoisotopic (exact) mass is 1290 g/mol. The molecular formula is C77H135N3O8S2. The molecule has 0 aliphatic heterocycles. The zero-order chi connectivity index (χ0) is 68.0. The van der Waals surface area contributed by atoms with E-state index in [9.17, 15) is 37.2 Å². The summed E-state index contributed by atoms with van der Waals surface area (Å²) in [5, 5.41) is 0. The highest BCUT2D eigenvalue weighted by molar-refractivity contribution is 7.98. The van der Waals surface area contributed by atoms with Crippen molar-refractivity contribution in [2.24, 2.45) is 103 Å². The van der Waals surface area contributed by atoms with Crippen LogP contribution in [0, 0.1) is 97.5 Å². The third-order valence-electron chi connectivity index (χ3n) is 29.7. The number of nitrogens with one attached hydrogen (secondary N) is 2. The molecule has 18 rings (SSSR count). The number of carbonyl (C=O) groups excluding carboxylic acids is 6. The molecule has 3 amide bonds. The van der Waals surface area contributed by atoms with Crippen LogP contribution in [0.15, 0.2) is 0 Å². The second-order valence-corrected chi connectivity index (χ2v) is 44.3. The fourth-order valence-electron chi connectivity index (χ4n) is 20.6. The summed E-state index contributed by atoms with van der Waals surface area (Å²) in [6.07, 6.45) is 33.1. The lowest BCUT2D eigenvalue weighted by molar-refractivity contribution is -0.247. The van der Waals surface area contributed by atoms with Crippen LogP contribution in [0.5, 0.6) is 0 Å². The lowest BCUT2D eigenvalue weighted by Crippen LogP contribution is -2.71. The molecule has 0 radical (unpaired) electrons. The molecule has 18 saturated carbocycles. The van der Waals surface area contributed by atoms with Gasteiger partial charge in [-0.2, -0.15) is 0 Å². The predicted molar refractivity (Wildman–Crippen MR) is 377 cm³/mol. The van der Waals surface area contributed by atoms with Gasteiger partial charge in [-0.1, -0.05) is 132 Å². The maximum absolute atomic E-state index is 12.4. The molecule has 0 spiro atoms. The van der Waals surface area contributed by atoms with E-state index in [1.807, 2.05) is 0 Å². The quantitative estimate of drug-likeness (QED) is 0.200. The van der Waals surface area contributed by atoms with Gasteiger partial charge in [-0.25, -0.2) is 8.42 Å². The van der Waals surface area contributed by atoms with Crippen LogP contribution >= 0.6 is 0 Å². The Morgan fingerprint density at radius 2 is 0.489 bits per heavy atom. The SMILES string of the molecule is C.C=S(C)(=O)NC(=O)C12CC(C(C)(C)C)(C1)C2.C=S(C)(=O)NC(=O)C12CCC(C(C)(C)C)(CC1)CC2.CC(=O)C12CC(C(C)(C)C)(C1)C2.CC(=O)C12CCC(C(C)(C)C)(CC1)CC2.CC(=O)C12CCC(C(C)(C)C)(CC1)CC2.CC(C)(C)C12CC(C(N)=O)(C1)C2. The topological polar surface area (TPSA) is 187 Å². The molecule has 0 aromatic rings. The maximum atomic E-state index is 12.4. The van der Waals surface area contributed by atoms with E-state index in [4.69, 9.17) is 5.73 Å². The Hall–Kier alpha value is -2.54. The zero-order valence-electron chi connectivity index (χ0n) is 61.2. The van der Waals surface area contributed by atoms with Gasteiger partial charge in [-0.05, 0) is 271 Å². The summed E-state index contributed by atoms with van der Waals surface area (Å²) in [6, 6.07) is 0. The average molecular weight is 1300 g/mol. The third kappa shape index (κ3) is 13.3. The lowest BCUT2D eigenvalue weighted by atomic mass is 9.28. The fourth-order valence-corrected chi connectivity index (χ4v) is 21.8. The molecule has 13 heteroatoms. The van der Waals surface area contributed by atoms with Crippen LogP contribution < -0.4 is 15.2 Å². The van der Waals surface area contributed by atoms with Crippen molar-refractivity contribution in [1.29, 1.82) is 0 Å². The Balaban J connectivity index is 0.000000173. The van der Waals surface area contributed by atoms with Gasteiger partial charge in [0.1, 0.15) is 17.3 Å². The predicted octanol–water partition coefficient (Wildman–Crippen LogP) is 17.4. The van der Waals surface area contributed by atoms with Gasteiger partial charge in [0.15, 0.2) is 0 Å². The smallest absolute Gasteiger partial charge is 0.237 e. The van der Waals surface area contributed by atoms with E-state index in [2.05, 4.69) is 146 Å². The molecule has 2 atom stereocenters. The van der Waals surface area contributed by atoms with E-state index in [-0.39, 0.29) is 63.1 Å². The van der Waals surface area contributed by atoms with E-state index in [1.165, 1.54) is 70.3 Å².